The Hall–Kier alpha value is -1.82. The van der Waals surface area contributed by atoms with Crippen LogP contribution in [0.5, 0.6) is 0 Å². The number of rotatable bonds is 5. The van der Waals surface area contributed by atoms with Gasteiger partial charge in [-0.25, -0.2) is 4.39 Å². The van der Waals surface area contributed by atoms with Crippen molar-refractivity contribution in [2.75, 3.05) is 30.8 Å². The van der Waals surface area contributed by atoms with Crippen molar-refractivity contribution in [3.05, 3.63) is 57.3 Å². The van der Waals surface area contributed by atoms with Gasteiger partial charge >= 0.3 is 0 Å². The van der Waals surface area contributed by atoms with Gasteiger partial charge in [0, 0.05) is 41.8 Å². The summed E-state index contributed by atoms with van der Waals surface area (Å²) in [5.41, 5.74) is 2.64. The minimum atomic E-state index is -0.696. The quantitative estimate of drug-likeness (QED) is 0.432. The molecule has 4 nitrogen and oxygen atoms in total. The van der Waals surface area contributed by atoms with Gasteiger partial charge in [-0.1, -0.05) is 23.2 Å². The van der Waals surface area contributed by atoms with E-state index in [2.05, 4.69) is 16.0 Å². The maximum Gasteiger partial charge on any atom is 0.130 e. The van der Waals surface area contributed by atoms with E-state index in [1.807, 2.05) is 25.2 Å². The summed E-state index contributed by atoms with van der Waals surface area (Å²) in [6, 6.07) is 8.52. The molecule has 0 aliphatic carbocycles. The molecule has 1 atom stereocenters. The molecule has 4 N–H and O–H groups in total. The van der Waals surface area contributed by atoms with Crippen LogP contribution in [0.3, 0.4) is 0 Å². The fraction of sp³-hybridized carbons (Fsp3) is 0.316. The van der Waals surface area contributed by atoms with Gasteiger partial charge in [-0.05, 0) is 50.2 Å². The van der Waals surface area contributed by atoms with Crippen molar-refractivity contribution >= 4 is 40.3 Å². The first-order chi connectivity index (χ1) is 12.4. The van der Waals surface area contributed by atoms with Crippen LogP contribution in [0, 0.1) is 11.2 Å². The van der Waals surface area contributed by atoms with Crippen LogP contribution in [0.2, 0.25) is 10.0 Å². The number of hydrogen-bond donors (Lipinski definition) is 4. The van der Waals surface area contributed by atoms with Crippen LogP contribution in [0.1, 0.15) is 24.5 Å². The van der Waals surface area contributed by atoms with E-state index in [0.717, 1.165) is 23.5 Å². The van der Waals surface area contributed by atoms with Crippen LogP contribution >= 0.6 is 23.2 Å². The molecule has 1 heterocycles. The largest absolute Gasteiger partial charge is 0.388 e. The fourth-order valence-electron chi connectivity index (χ4n) is 3.47. The molecule has 0 bridgehead atoms. The molecule has 1 saturated heterocycles. The number of benzene rings is 2. The second-order valence-corrected chi connectivity index (χ2v) is 7.27. The molecule has 2 aromatic carbocycles. The normalized spacial score (nSPS) is 19.4. The van der Waals surface area contributed by atoms with E-state index in [4.69, 9.17) is 28.6 Å². The van der Waals surface area contributed by atoms with Crippen molar-refractivity contribution in [1.82, 2.24) is 5.32 Å². The maximum absolute atomic E-state index is 14.7. The van der Waals surface area contributed by atoms with E-state index in [9.17, 15) is 4.39 Å². The summed E-state index contributed by atoms with van der Waals surface area (Å²) in [6.07, 6.45) is 0.671. The van der Waals surface area contributed by atoms with Crippen LogP contribution in [-0.4, -0.2) is 25.8 Å². The highest BCUT2D eigenvalue weighted by Gasteiger charge is 2.40. The standard InChI is InChI=1S/C19H21Cl2FN4/c1-11(23)13-4-3-12(9-16(13)24-2)26-19(7-8-25-10-19)17-15(22)6-5-14(20)18(17)21/h3-6,9,23-26H,7-8,10H2,1-2H3. The summed E-state index contributed by atoms with van der Waals surface area (Å²) in [6.45, 7) is 3.02. The molecule has 3 rings (SSSR count). The van der Waals surface area contributed by atoms with Gasteiger partial charge in [0.2, 0.25) is 0 Å². The lowest BCUT2D eigenvalue weighted by molar-refractivity contribution is 0.496. The summed E-state index contributed by atoms with van der Waals surface area (Å²) in [5.74, 6) is -0.378. The minimum absolute atomic E-state index is 0.240. The van der Waals surface area contributed by atoms with E-state index < -0.39 is 5.54 Å². The molecule has 1 unspecified atom stereocenters. The lowest BCUT2D eigenvalue weighted by atomic mass is 9.87. The third-order valence-corrected chi connectivity index (χ3v) is 5.56. The van der Waals surface area contributed by atoms with Gasteiger partial charge < -0.3 is 21.4 Å². The first kappa shape index (κ1) is 19.0. The fourth-order valence-corrected chi connectivity index (χ4v) is 3.96. The predicted octanol–water partition coefficient (Wildman–Crippen LogP) is 4.86. The Bertz CT molecular complexity index is 848. The lowest BCUT2D eigenvalue weighted by Gasteiger charge is -2.33. The third kappa shape index (κ3) is 3.39. The highest BCUT2D eigenvalue weighted by atomic mass is 35.5. The molecule has 7 heteroatoms. The Kier molecular flexibility index (Phi) is 5.42. The first-order valence-corrected chi connectivity index (χ1v) is 9.14. The summed E-state index contributed by atoms with van der Waals surface area (Å²) in [5, 5.41) is 18.3. The number of nitrogens with one attached hydrogen (secondary N) is 4. The van der Waals surface area contributed by atoms with E-state index in [1.54, 1.807) is 6.92 Å². The second kappa shape index (κ2) is 7.43. The maximum atomic E-state index is 14.7. The third-order valence-electron chi connectivity index (χ3n) is 4.75. The van der Waals surface area contributed by atoms with E-state index in [1.165, 1.54) is 12.1 Å². The molecule has 138 valence electrons. The Morgan fingerprint density at radius 2 is 2.04 bits per heavy atom. The van der Waals surface area contributed by atoms with Crippen molar-refractivity contribution in [2.45, 2.75) is 18.9 Å². The van der Waals surface area contributed by atoms with E-state index in [-0.39, 0.29) is 10.8 Å². The van der Waals surface area contributed by atoms with Crippen molar-refractivity contribution in [3.63, 3.8) is 0 Å². The van der Waals surface area contributed by atoms with Crippen LogP contribution in [-0.2, 0) is 5.54 Å². The highest BCUT2D eigenvalue weighted by molar-refractivity contribution is 6.42. The average molecular weight is 395 g/mol. The Labute approximate surface area is 162 Å². The first-order valence-electron chi connectivity index (χ1n) is 8.38. The molecule has 0 radical (unpaired) electrons. The average Bonchev–Trinajstić information content (AvgIpc) is 3.07. The van der Waals surface area contributed by atoms with E-state index in [0.29, 0.717) is 29.3 Å². The second-order valence-electron chi connectivity index (χ2n) is 6.49. The van der Waals surface area contributed by atoms with Crippen LogP contribution in [0.15, 0.2) is 30.3 Å². The van der Waals surface area contributed by atoms with Gasteiger partial charge in [-0.2, -0.15) is 0 Å². The van der Waals surface area contributed by atoms with Gasteiger partial charge in [-0.3, -0.25) is 0 Å². The zero-order chi connectivity index (χ0) is 18.9. The molecule has 0 spiro atoms. The number of hydrogen-bond acceptors (Lipinski definition) is 4. The molecular formula is C19H21Cl2FN4. The predicted molar refractivity (Wildman–Crippen MR) is 108 cm³/mol. The molecule has 1 aliphatic heterocycles. The zero-order valence-electron chi connectivity index (χ0n) is 14.6. The summed E-state index contributed by atoms with van der Waals surface area (Å²) >= 11 is 12.5. The molecule has 1 aliphatic rings. The highest BCUT2D eigenvalue weighted by Crippen LogP contribution is 2.41. The number of halogens is 3. The van der Waals surface area contributed by atoms with Gasteiger partial charge in [-0.15, -0.1) is 0 Å². The van der Waals surface area contributed by atoms with Crippen LogP contribution in [0.4, 0.5) is 15.8 Å². The van der Waals surface area contributed by atoms with Gasteiger partial charge in [0.1, 0.15) is 5.82 Å². The Morgan fingerprint density at radius 1 is 1.27 bits per heavy atom. The van der Waals surface area contributed by atoms with Crippen LogP contribution in [0.25, 0.3) is 0 Å². The summed E-state index contributed by atoms with van der Waals surface area (Å²) in [7, 11) is 1.81. The SMILES string of the molecule is CNc1cc(NC2(c3c(F)ccc(Cl)c3Cl)CCNC2)ccc1C(C)=N. The summed E-state index contributed by atoms with van der Waals surface area (Å²) in [4.78, 5) is 0. The molecule has 0 aromatic heterocycles. The topological polar surface area (TPSA) is 59.9 Å². The smallest absolute Gasteiger partial charge is 0.130 e. The molecule has 26 heavy (non-hydrogen) atoms. The van der Waals surface area contributed by atoms with Gasteiger partial charge in [0.15, 0.2) is 0 Å². The van der Waals surface area contributed by atoms with Gasteiger partial charge in [0.25, 0.3) is 0 Å². The van der Waals surface area contributed by atoms with Crippen molar-refractivity contribution in [2.24, 2.45) is 0 Å². The molecule has 2 aromatic rings. The monoisotopic (exact) mass is 394 g/mol. The van der Waals surface area contributed by atoms with Gasteiger partial charge in [0.05, 0.1) is 15.6 Å². The lowest BCUT2D eigenvalue weighted by Crippen LogP contribution is -2.39. The van der Waals surface area contributed by atoms with Crippen LogP contribution < -0.4 is 16.0 Å². The minimum Gasteiger partial charge on any atom is -0.388 e. The molecule has 1 fully saturated rings. The van der Waals surface area contributed by atoms with Crippen molar-refractivity contribution < 1.29 is 4.39 Å². The zero-order valence-corrected chi connectivity index (χ0v) is 16.2. The Balaban J connectivity index is 2.06. The van der Waals surface area contributed by atoms with Crippen molar-refractivity contribution in [3.8, 4) is 0 Å². The van der Waals surface area contributed by atoms with E-state index >= 15 is 0 Å². The Morgan fingerprint density at radius 3 is 2.65 bits per heavy atom. The van der Waals surface area contributed by atoms with Crippen molar-refractivity contribution in [1.29, 1.82) is 5.41 Å². The molecular weight excluding hydrogens is 374 g/mol. The molecule has 0 saturated carbocycles. The number of anilines is 2. The molecule has 0 amide bonds. The summed E-state index contributed by atoms with van der Waals surface area (Å²) < 4.78 is 14.7.